The Bertz CT molecular complexity index is 669. The summed E-state index contributed by atoms with van der Waals surface area (Å²) in [5, 5.41) is 9.52. The van der Waals surface area contributed by atoms with Crippen molar-refractivity contribution in [1.29, 1.82) is 5.26 Å². The van der Waals surface area contributed by atoms with E-state index >= 15 is 0 Å². The van der Waals surface area contributed by atoms with Crippen molar-refractivity contribution in [3.8, 4) is 6.07 Å². The number of aryl methyl sites for hydroxylation is 1. The maximum atomic E-state index is 9.52. The lowest BCUT2D eigenvalue weighted by atomic mass is 9.91. The summed E-state index contributed by atoms with van der Waals surface area (Å²) < 4.78 is 0. The van der Waals surface area contributed by atoms with E-state index in [1.807, 2.05) is 6.08 Å². The molecule has 24 heavy (non-hydrogen) atoms. The molecule has 1 unspecified atom stereocenters. The molecular weight excluding hydrogens is 292 g/mol. The van der Waals surface area contributed by atoms with E-state index < -0.39 is 0 Å². The quantitative estimate of drug-likeness (QED) is 0.744. The molecule has 0 aliphatic heterocycles. The van der Waals surface area contributed by atoms with Crippen LogP contribution in [0.4, 0.5) is 0 Å². The lowest BCUT2D eigenvalue weighted by Crippen LogP contribution is -2.05. The highest BCUT2D eigenvalue weighted by Gasteiger charge is 2.12. The average molecular weight is 318 g/mol. The van der Waals surface area contributed by atoms with Gasteiger partial charge in [-0.1, -0.05) is 66.8 Å². The molecular formula is C22H26N2. The molecule has 1 aromatic carbocycles. The molecule has 2 rings (SSSR count). The van der Waals surface area contributed by atoms with Crippen molar-refractivity contribution in [2.24, 2.45) is 11.7 Å². The number of benzene rings is 1. The third-order valence-electron chi connectivity index (χ3n) is 4.29. The van der Waals surface area contributed by atoms with Crippen molar-refractivity contribution in [3.63, 3.8) is 0 Å². The molecule has 0 saturated carbocycles. The van der Waals surface area contributed by atoms with Crippen LogP contribution in [-0.2, 0) is 12.8 Å². The van der Waals surface area contributed by atoms with E-state index in [9.17, 15) is 5.26 Å². The van der Waals surface area contributed by atoms with Gasteiger partial charge in [0.1, 0.15) is 0 Å². The molecule has 2 nitrogen and oxygen atoms in total. The number of hydrogen-bond acceptors (Lipinski definition) is 2. The molecule has 1 aliphatic carbocycles. The van der Waals surface area contributed by atoms with E-state index in [2.05, 4.69) is 61.2 Å². The minimum Gasteiger partial charge on any atom is -0.327 e. The van der Waals surface area contributed by atoms with E-state index in [0.29, 0.717) is 6.54 Å². The highest BCUT2D eigenvalue weighted by Crippen LogP contribution is 2.21. The molecule has 124 valence electrons. The Morgan fingerprint density at radius 3 is 2.62 bits per heavy atom. The molecule has 0 amide bonds. The van der Waals surface area contributed by atoms with E-state index in [0.717, 1.165) is 43.3 Å². The van der Waals surface area contributed by atoms with Gasteiger partial charge in [-0.05, 0) is 48.8 Å². The van der Waals surface area contributed by atoms with E-state index in [4.69, 9.17) is 5.73 Å². The summed E-state index contributed by atoms with van der Waals surface area (Å²) in [4.78, 5) is 0. The van der Waals surface area contributed by atoms with Crippen molar-refractivity contribution in [2.45, 2.75) is 32.1 Å². The van der Waals surface area contributed by atoms with Gasteiger partial charge in [0.05, 0.1) is 12.0 Å². The van der Waals surface area contributed by atoms with E-state index in [1.165, 1.54) is 11.1 Å². The maximum Gasteiger partial charge on any atom is 0.0712 e. The second-order valence-corrected chi connectivity index (χ2v) is 6.24. The van der Waals surface area contributed by atoms with Crippen molar-refractivity contribution >= 4 is 0 Å². The van der Waals surface area contributed by atoms with Gasteiger partial charge in [-0.2, -0.15) is 5.26 Å². The predicted octanol–water partition coefficient (Wildman–Crippen LogP) is 4.65. The van der Waals surface area contributed by atoms with Crippen LogP contribution in [0, 0.1) is 17.2 Å². The first-order valence-corrected chi connectivity index (χ1v) is 8.60. The van der Waals surface area contributed by atoms with Gasteiger partial charge in [-0.25, -0.2) is 0 Å². The van der Waals surface area contributed by atoms with Gasteiger partial charge in [0.15, 0.2) is 0 Å². The molecule has 0 radical (unpaired) electrons. The van der Waals surface area contributed by atoms with Crippen LogP contribution < -0.4 is 5.73 Å². The van der Waals surface area contributed by atoms with Crippen LogP contribution in [0.2, 0.25) is 0 Å². The molecule has 0 aromatic heterocycles. The van der Waals surface area contributed by atoms with Crippen molar-refractivity contribution in [1.82, 2.24) is 0 Å². The Hall–Kier alpha value is -2.37. The number of nitrogens with zero attached hydrogens (tertiary/aromatic N) is 1. The van der Waals surface area contributed by atoms with Crippen molar-refractivity contribution in [2.75, 3.05) is 6.54 Å². The smallest absolute Gasteiger partial charge is 0.0712 e. The fraction of sp³-hybridized carbons (Fsp3) is 0.318. The first kappa shape index (κ1) is 18.0. The summed E-state index contributed by atoms with van der Waals surface area (Å²) in [5.74, 6) is -0.0376. The Morgan fingerprint density at radius 2 is 1.92 bits per heavy atom. The van der Waals surface area contributed by atoms with Crippen LogP contribution in [0.25, 0.3) is 0 Å². The van der Waals surface area contributed by atoms with Gasteiger partial charge in [-0.15, -0.1) is 0 Å². The molecule has 2 N–H and O–H groups in total. The van der Waals surface area contributed by atoms with Crippen LogP contribution in [-0.4, -0.2) is 6.54 Å². The third-order valence-corrected chi connectivity index (χ3v) is 4.29. The minimum absolute atomic E-state index is 0.0376. The Labute approximate surface area is 145 Å². The number of nitriles is 1. The zero-order valence-corrected chi connectivity index (χ0v) is 14.2. The third kappa shape index (κ3) is 5.68. The average Bonchev–Trinajstić information content (AvgIpc) is 2.58. The minimum atomic E-state index is -0.0376. The normalized spacial score (nSPS) is 19.9. The number of nitrogens with two attached hydrogens (primary N) is 1. The summed E-state index contributed by atoms with van der Waals surface area (Å²) in [6, 6.07) is 11.0. The van der Waals surface area contributed by atoms with E-state index in [-0.39, 0.29) is 5.92 Å². The van der Waals surface area contributed by atoms with Gasteiger partial charge in [-0.3, -0.25) is 0 Å². The summed E-state index contributed by atoms with van der Waals surface area (Å²) in [6.07, 6.45) is 15.2. The number of rotatable bonds is 7. The highest BCUT2D eigenvalue weighted by molar-refractivity contribution is 5.31. The van der Waals surface area contributed by atoms with Crippen LogP contribution in [0.3, 0.4) is 0 Å². The molecule has 1 atom stereocenters. The summed E-state index contributed by atoms with van der Waals surface area (Å²) >= 11 is 0. The van der Waals surface area contributed by atoms with Crippen molar-refractivity contribution < 1.29 is 0 Å². The first-order chi connectivity index (χ1) is 11.7. The lowest BCUT2D eigenvalue weighted by Gasteiger charge is -2.12. The standard InChI is InChI=1S/C22H26N2/c1-18(16-23)15-20-11-9-19(10-12-20)13-14-22(17-24)21-7-5-3-2-4-6-8-21/h2-3,5,7-12,22H,1,4,6,13-16,23H2/b3-2+,7-5-,21-8+. The zero-order valence-electron chi connectivity index (χ0n) is 14.2. The second-order valence-electron chi connectivity index (χ2n) is 6.24. The van der Waals surface area contributed by atoms with Gasteiger partial charge in [0.25, 0.3) is 0 Å². The monoisotopic (exact) mass is 318 g/mol. The number of allylic oxidation sites excluding steroid dienone is 6. The Balaban J connectivity index is 1.94. The fourth-order valence-electron chi connectivity index (χ4n) is 2.82. The SMILES string of the molecule is C=C(CN)Cc1ccc(CCC(C#N)C2=C/CC/C=C/C=C\2)cc1. The second kappa shape index (κ2) is 9.70. The number of hydrogen-bond donors (Lipinski definition) is 1. The van der Waals surface area contributed by atoms with Gasteiger partial charge < -0.3 is 5.73 Å². The molecule has 0 bridgehead atoms. The predicted molar refractivity (Wildman–Crippen MR) is 101 cm³/mol. The van der Waals surface area contributed by atoms with Gasteiger partial charge in [0, 0.05) is 6.54 Å². The van der Waals surface area contributed by atoms with Crippen molar-refractivity contribution in [3.05, 3.63) is 83.5 Å². The highest BCUT2D eigenvalue weighted by atomic mass is 14.5. The van der Waals surface area contributed by atoms with E-state index in [1.54, 1.807) is 0 Å². The summed E-state index contributed by atoms with van der Waals surface area (Å²) in [6.45, 7) is 4.48. The Kier molecular flexibility index (Phi) is 7.26. The summed E-state index contributed by atoms with van der Waals surface area (Å²) in [5.41, 5.74) is 10.3. The topological polar surface area (TPSA) is 49.8 Å². The fourth-order valence-corrected chi connectivity index (χ4v) is 2.82. The van der Waals surface area contributed by atoms with Crippen LogP contribution in [0.1, 0.15) is 30.4 Å². The van der Waals surface area contributed by atoms with Gasteiger partial charge in [0.2, 0.25) is 0 Å². The molecule has 0 heterocycles. The zero-order chi connectivity index (χ0) is 17.2. The lowest BCUT2D eigenvalue weighted by molar-refractivity contribution is 0.693. The largest absolute Gasteiger partial charge is 0.327 e. The molecule has 0 fully saturated rings. The van der Waals surface area contributed by atoms with Crippen LogP contribution in [0.15, 0.2) is 72.4 Å². The maximum absolute atomic E-state index is 9.52. The Morgan fingerprint density at radius 1 is 1.17 bits per heavy atom. The molecule has 1 aliphatic rings. The van der Waals surface area contributed by atoms with Crippen LogP contribution in [0.5, 0.6) is 0 Å². The molecule has 0 saturated heterocycles. The molecule has 0 spiro atoms. The van der Waals surface area contributed by atoms with Gasteiger partial charge >= 0.3 is 0 Å². The summed E-state index contributed by atoms with van der Waals surface area (Å²) in [7, 11) is 0. The molecule has 1 aromatic rings. The first-order valence-electron chi connectivity index (χ1n) is 8.60. The van der Waals surface area contributed by atoms with Crippen LogP contribution >= 0.6 is 0 Å². The molecule has 2 heteroatoms.